The topological polar surface area (TPSA) is 84.2 Å². The predicted molar refractivity (Wildman–Crippen MR) is 94.4 cm³/mol. The first kappa shape index (κ1) is 16.4. The highest BCUT2D eigenvalue weighted by atomic mass is 32.1. The van der Waals surface area contributed by atoms with E-state index in [0.29, 0.717) is 22.3 Å². The zero-order valence-corrected chi connectivity index (χ0v) is 13.8. The number of aryl methyl sites for hydroxylation is 1. The molecule has 2 aromatic heterocycles. The lowest BCUT2D eigenvalue weighted by Gasteiger charge is -2.07. The van der Waals surface area contributed by atoms with E-state index in [1.54, 1.807) is 18.2 Å². The van der Waals surface area contributed by atoms with Crippen molar-refractivity contribution in [3.8, 4) is 0 Å². The highest BCUT2D eigenvalue weighted by molar-refractivity contribution is 7.16. The third-order valence-electron chi connectivity index (χ3n) is 3.67. The number of rotatable bonds is 6. The standard InChI is InChI=1S/C17H17N3O3S/c21-9-6-12-1-3-13(4-2-12)19-15(22)5-8-20-11-18-16-14(17(20)23)7-10-24-16/h1-4,7,10-11,21H,5-6,8-9H2,(H,19,22). The van der Waals surface area contributed by atoms with Gasteiger partial charge in [0.1, 0.15) is 4.83 Å². The SMILES string of the molecule is O=C(CCn1cnc2sccc2c1=O)Nc1ccc(CCO)cc1. The monoisotopic (exact) mass is 343 g/mol. The summed E-state index contributed by atoms with van der Waals surface area (Å²) >= 11 is 1.42. The maximum absolute atomic E-state index is 12.2. The minimum atomic E-state index is -0.165. The molecule has 0 aliphatic heterocycles. The third kappa shape index (κ3) is 3.69. The predicted octanol–water partition coefficient (Wildman–Crippen LogP) is 2.02. The van der Waals surface area contributed by atoms with E-state index in [2.05, 4.69) is 10.3 Å². The minimum absolute atomic E-state index is 0.100. The molecule has 0 fully saturated rings. The fourth-order valence-corrected chi connectivity index (χ4v) is 3.11. The first-order valence-electron chi connectivity index (χ1n) is 7.59. The smallest absolute Gasteiger partial charge is 0.262 e. The second-order valence-electron chi connectivity index (χ2n) is 5.35. The molecule has 6 nitrogen and oxygen atoms in total. The molecule has 0 unspecified atom stereocenters. The molecule has 3 rings (SSSR count). The van der Waals surface area contributed by atoms with Gasteiger partial charge in [-0.25, -0.2) is 4.98 Å². The number of aliphatic hydroxyl groups is 1. The van der Waals surface area contributed by atoms with Crippen LogP contribution >= 0.6 is 11.3 Å². The van der Waals surface area contributed by atoms with Crippen molar-refractivity contribution in [3.05, 3.63) is 58.0 Å². The molecule has 0 saturated carbocycles. The van der Waals surface area contributed by atoms with E-state index in [-0.39, 0.29) is 31.0 Å². The lowest BCUT2D eigenvalue weighted by molar-refractivity contribution is -0.116. The third-order valence-corrected chi connectivity index (χ3v) is 4.49. The first-order valence-corrected chi connectivity index (χ1v) is 8.47. The molecule has 1 aromatic carbocycles. The quantitative estimate of drug-likeness (QED) is 0.717. The first-order chi connectivity index (χ1) is 11.7. The summed E-state index contributed by atoms with van der Waals surface area (Å²) in [5, 5.41) is 14.1. The van der Waals surface area contributed by atoms with Gasteiger partial charge in [0.05, 0.1) is 11.7 Å². The highest BCUT2D eigenvalue weighted by Gasteiger charge is 2.07. The van der Waals surface area contributed by atoms with Crippen LogP contribution in [0.15, 0.2) is 46.8 Å². The van der Waals surface area contributed by atoms with E-state index in [0.717, 1.165) is 5.56 Å². The highest BCUT2D eigenvalue weighted by Crippen LogP contribution is 2.13. The number of benzene rings is 1. The summed E-state index contributed by atoms with van der Waals surface area (Å²) in [6, 6.07) is 9.08. The zero-order valence-electron chi connectivity index (χ0n) is 12.9. The molecular formula is C17H17N3O3S. The van der Waals surface area contributed by atoms with Gasteiger partial charge in [-0.2, -0.15) is 0 Å². The molecule has 0 bridgehead atoms. The summed E-state index contributed by atoms with van der Waals surface area (Å²) in [7, 11) is 0. The fraction of sp³-hybridized carbons (Fsp3) is 0.235. The van der Waals surface area contributed by atoms with Crippen molar-refractivity contribution in [2.75, 3.05) is 11.9 Å². The Morgan fingerprint density at radius 2 is 2.04 bits per heavy atom. The Bertz CT molecular complexity index is 899. The van der Waals surface area contributed by atoms with Crippen LogP contribution in [0.4, 0.5) is 5.69 Å². The van der Waals surface area contributed by atoms with Gasteiger partial charge in [-0.15, -0.1) is 11.3 Å². The van der Waals surface area contributed by atoms with E-state index in [4.69, 9.17) is 5.11 Å². The Labute approximate surface area is 142 Å². The van der Waals surface area contributed by atoms with Gasteiger partial charge in [0.15, 0.2) is 0 Å². The van der Waals surface area contributed by atoms with Gasteiger partial charge in [0, 0.05) is 25.3 Å². The normalized spacial score (nSPS) is 10.9. The molecule has 7 heteroatoms. The maximum Gasteiger partial charge on any atom is 0.262 e. The Balaban J connectivity index is 1.60. The molecule has 3 aromatic rings. The van der Waals surface area contributed by atoms with Gasteiger partial charge < -0.3 is 10.4 Å². The largest absolute Gasteiger partial charge is 0.396 e. The number of nitrogens with zero attached hydrogens (tertiary/aromatic N) is 2. The van der Waals surface area contributed by atoms with Crippen molar-refractivity contribution in [3.63, 3.8) is 0 Å². The molecule has 0 aliphatic rings. The number of carbonyl (C=O) groups is 1. The molecule has 0 radical (unpaired) electrons. The molecule has 2 N–H and O–H groups in total. The van der Waals surface area contributed by atoms with Crippen molar-refractivity contribution in [2.24, 2.45) is 0 Å². The summed E-state index contributed by atoms with van der Waals surface area (Å²) in [6.45, 7) is 0.384. The van der Waals surface area contributed by atoms with Gasteiger partial charge in [-0.1, -0.05) is 12.1 Å². The number of anilines is 1. The average molecular weight is 343 g/mol. The van der Waals surface area contributed by atoms with Crippen LogP contribution < -0.4 is 10.9 Å². The van der Waals surface area contributed by atoms with E-state index in [9.17, 15) is 9.59 Å². The van der Waals surface area contributed by atoms with Crippen molar-refractivity contribution >= 4 is 33.1 Å². The van der Waals surface area contributed by atoms with Crippen LogP contribution in [0, 0.1) is 0 Å². The Morgan fingerprint density at radius 3 is 2.79 bits per heavy atom. The summed E-state index contributed by atoms with van der Waals surface area (Å²) in [5.41, 5.74) is 1.58. The summed E-state index contributed by atoms with van der Waals surface area (Å²) < 4.78 is 1.46. The maximum atomic E-state index is 12.2. The van der Waals surface area contributed by atoms with Crippen LogP contribution in [0.5, 0.6) is 0 Å². The number of carbonyl (C=O) groups excluding carboxylic acids is 1. The Kier molecular flexibility index (Phi) is 5.02. The minimum Gasteiger partial charge on any atom is -0.396 e. The molecule has 124 valence electrons. The van der Waals surface area contributed by atoms with Crippen LogP contribution in [-0.2, 0) is 17.8 Å². The number of amides is 1. The second kappa shape index (κ2) is 7.37. The van der Waals surface area contributed by atoms with Crippen LogP contribution in [0.1, 0.15) is 12.0 Å². The van der Waals surface area contributed by atoms with E-state index in [1.807, 2.05) is 17.5 Å². The fourth-order valence-electron chi connectivity index (χ4n) is 2.38. The van der Waals surface area contributed by atoms with E-state index >= 15 is 0 Å². The van der Waals surface area contributed by atoms with Crippen LogP contribution in [0.3, 0.4) is 0 Å². The lowest BCUT2D eigenvalue weighted by atomic mass is 10.1. The van der Waals surface area contributed by atoms with Crippen LogP contribution in [0.2, 0.25) is 0 Å². The molecule has 0 saturated heterocycles. The molecule has 0 aliphatic carbocycles. The summed E-state index contributed by atoms with van der Waals surface area (Å²) in [4.78, 5) is 29.2. The zero-order chi connectivity index (χ0) is 16.9. The van der Waals surface area contributed by atoms with Gasteiger partial charge >= 0.3 is 0 Å². The van der Waals surface area contributed by atoms with Gasteiger partial charge in [-0.05, 0) is 35.6 Å². The van der Waals surface area contributed by atoms with Crippen molar-refractivity contribution in [1.82, 2.24) is 9.55 Å². The number of thiophene rings is 1. The van der Waals surface area contributed by atoms with Gasteiger partial charge in [0.2, 0.25) is 5.91 Å². The van der Waals surface area contributed by atoms with Crippen LogP contribution in [-0.4, -0.2) is 27.2 Å². The van der Waals surface area contributed by atoms with Crippen molar-refractivity contribution < 1.29 is 9.90 Å². The second-order valence-corrected chi connectivity index (χ2v) is 6.25. The molecular weight excluding hydrogens is 326 g/mol. The number of fused-ring (bicyclic) bond motifs is 1. The van der Waals surface area contributed by atoms with Crippen molar-refractivity contribution in [2.45, 2.75) is 19.4 Å². The van der Waals surface area contributed by atoms with Crippen LogP contribution in [0.25, 0.3) is 10.2 Å². The van der Waals surface area contributed by atoms with Gasteiger partial charge in [0.25, 0.3) is 5.56 Å². The van der Waals surface area contributed by atoms with Gasteiger partial charge in [-0.3, -0.25) is 14.2 Å². The summed E-state index contributed by atoms with van der Waals surface area (Å²) in [5.74, 6) is -0.165. The molecule has 1 amide bonds. The summed E-state index contributed by atoms with van der Waals surface area (Å²) in [6.07, 6.45) is 2.27. The Hall–Kier alpha value is -2.51. The molecule has 0 atom stereocenters. The average Bonchev–Trinajstić information content (AvgIpc) is 3.06. The number of nitrogens with one attached hydrogen (secondary N) is 1. The molecule has 0 spiro atoms. The molecule has 2 heterocycles. The number of hydrogen-bond acceptors (Lipinski definition) is 5. The van der Waals surface area contributed by atoms with E-state index in [1.165, 1.54) is 22.2 Å². The number of hydrogen-bond donors (Lipinski definition) is 2. The van der Waals surface area contributed by atoms with E-state index < -0.39 is 0 Å². The van der Waals surface area contributed by atoms with Crippen molar-refractivity contribution in [1.29, 1.82) is 0 Å². The lowest BCUT2D eigenvalue weighted by Crippen LogP contribution is -2.23. The number of aliphatic hydroxyl groups excluding tert-OH is 1. The number of aromatic nitrogens is 2. The molecule has 24 heavy (non-hydrogen) atoms. The Morgan fingerprint density at radius 1 is 1.25 bits per heavy atom.